The Morgan fingerprint density at radius 1 is 1.15 bits per heavy atom. The summed E-state index contributed by atoms with van der Waals surface area (Å²) in [5, 5.41) is 32.3. The number of primary amides is 1. The van der Waals surface area contributed by atoms with E-state index in [0.29, 0.717) is 0 Å². The van der Waals surface area contributed by atoms with Crippen molar-refractivity contribution in [2.75, 3.05) is 0 Å². The van der Waals surface area contributed by atoms with Gasteiger partial charge in [0.25, 0.3) is 5.91 Å². The van der Waals surface area contributed by atoms with Gasteiger partial charge in [-0.3, -0.25) is 24.2 Å². The zero-order chi connectivity index (χ0) is 20.7. The molecule has 0 radical (unpaired) electrons. The molecule has 0 aromatic carbocycles. The third-order valence-corrected chi connectivity index (χ3v) is 4.78. The second-order valence-corrected chi connectivity index (χ2v) is 6.44. The van der Waals surface area contributed by atoms with Crippen LogP contribution in [0.3, 0.4) is 0 Å². The van der Waals surface area contributed by atoms with Crippen LogP contribution in [0.5, 0.6) is 0 Å². The Bertz CT molecular complexity index is 825. The lowest BCUT2D eigenvalue weighted by atomic mass is 9.71. The summed E-state index contributed by atoms with van der Waals surface area (Å²) in [6.45, 7) is 2.73. The molecule has 1 aromatic heterocycles. The summed E-state index contributed by atoms with van der Waals surface area (Å²) < 4.78 is 5.43. The zero-order valence-electron chi connectivity index (χ0n) is 14.9. The normalized spacial score (nSPS) is 31.3. The van der Waals surface area contributed by atoms with E-state index < -0.39 is 52.8 Å². The van der Waals surface area contributed by atoms with E-state index in [2.05, 4.69) is 4.98 Å². The average Bonchev–Trinajstić information content (AvgIpc) is 2.84. The number of amides is 1. The molecule has 1 saturated heterocycles. The maximum absolute atomic E-state index is 12.3. The fraction of sp³-hybridized carbons (Fsp3) is 0.471. The van der Waals surface area contributed by atoms with Gasteiger partial charge < -0.3 is 25.8 Å². The Hall–Kier alpha value is -2.53. The van der Waals surface area contributed by atoms with Gasteiger partial charge in [0, 0.05) is 6.20 Å². The van der Waals surface area contributed by atoms with Crippen LogP contribution in [0, 0.1) is 0 Å². The molecule has 27 heavy (non-hydrogen) atoms. The van der Waals surface area contributed by atoms with Gasteiger partial charge in [-0.15, -0.1) is 0 Å². The van der Waals surface area contributed by atoms with Crippen LogP contribution in [0.15, 0.2) is 18.3 Å². The zero-order valence-corrected chi connectivity index (χ0v) is 14.9. The molecule has 0 bridgehead atoms. The molecule has 1 aromatic rings. The minimum absolute atomic E-state index is 0.231. The van der Waals surface area contributed by atoms with Gasteiger partial charge in [0.15, 0.2) is 28.6 Å². The van der Waals surface area contributed by atoms with Gasteiger partial charge in [0.1, 0.15) is 18.3 Å². The average molecular weight is 380 g/mol. The van der Waals surface area contributed by atoms with Gasteiger partial charge in [-0.1, -0.05) is 0 Å². The first-order valence-electron chi connectivity index (χ1n) is 7.96. The van der Waals surface area contributed by atoms with Crippen LogP contribution in [-0.4, -0.2) is 67.0 Å². The van der Waals surface area contributed by atoms with E-state index >= 15 is 0 Å². The first-order valence-corrected chi connectivity index (χ1v) is 7.96. The molecule has 1 fully saturated rings. The van der Waals surface area contributed by atoms with Crippen molar-refractivity contribution in [2.24, 2.45) is 5.73 Å². The fourth-order valence-electron chi connectivity index (χ4n) is 3.30. The highest BCUT2D eigenvalue weighted by Gasteiger charge is 2.73. The Morgan fingerprint density at radius 3 is 2.15 bits per heavy atom. The molecule has 1 aliphatic heterocycles. The molecule has 10 heteroatoms. The maximum atomic E-state index is 12.3. The predicted octanol–water partition coefficient (Wildman–Crippen LogP) is -1.79. The van der Waals surface area contributed by atoms with Crippen molar-refractivity contribution >= 4 is 23.3 Å². The van der Waals surface area contributed by atoms with Crippen LogP contribution < -0.4 is 5.73 Å². The highest BCUT2D eigenvalue weighted by molar-refractivity contribution is 6.01. The number of carbonyl (C=O) groups excluding carboxylic acids is 4. The van der Waals surface area contributed by atoms with Crippen molar-refractivity contribution in [1.82, 2.24) is 4.98 Å². The Kier molecular flexibility index (Phi) is 5.30. The van der Waals surface area contributed by atoms with Crippen molar-refractivity contribution in [1.29, 1.82) is 0 Å². The van der Waals surface area contributed by atoms with Crippen LogP contribution in [0.4, 0.5) is 0 Å². The Balaban J connectivity index is 2.80. The summed E-state index contributed by atoms with van der Waals surface area (Å²) in [5.74, 6) is -4.05. The molecule has 5 N–H and O–H groups in total. The Morgan fingerprint density at radius 2 is 1.70 bits per heavy atom. The minimum atomic E-state index is -2.97. The SMILES string of the molecule is CC(=O)C(O)[C@H]1O[C@@H](c2ncccc2C(N)=O)[C@@](O)(C(C)=O)[C@@]1(O)C(C)=O. The molecule has 5 atom stereocenters. The van der Waals surface area contributed by atoms with Crippen LogP contribution in [0.1, 0.15) is 42.9 Å². The van der Waals surface area contributed by atoms with Crippen molar-refractivity contribution in [3.05, 3.63) is 29.6 Å². The quantitative estimate of drug-likeness (QED) is 0.444. The lowest BCUT2D eigenvalue weighted by Crippen LogP contribution is -2.67. The lowest BCUT2D eigenvalue weighted by Gasteiger charge is -2.37. The number of rotatable bonds is 6. The molecular weight excluding hydrogens is 360 g/mol. The standard InChI is InChI=1S/C17H20N2O8/c1-7(20)12(23)14-17(26,9(3)22)16(25,8(2)21)13(27-14)11-10(15(18)24)5-4-6-19-11/h4-6,12-14,23,25-26H,1-3H3,(H2,18,24)/t12?,13-,14+,16-,17+/m0/s1. The van der Waals surface area contributed by atoms with E-state index in [-0.39, 0.29) is 11.3 Å². The molecule has 2 rings (SSSR count). The Labute approximate surface area is 154 Å². The third-order valence-electron chi connectivity index (χ3n) is 4.78. The number of hydrogen-bond acceptors (Lipinski definition) is 9. The van der Waals surface area contributed by atoms with Gasteiger partial charge in [0.2, 0.25) is 0 Å². The van der Waals surface area contributed by atoms with E-state index in [1.807, 2.05) is 0 Å². The molecule has 1 amide bonds. The number of nitrogens with two attached hydrogens (primary N) is 1. The summed E-state index contributed by atoms with van der Waals surface area (Å²) in [6, 6.07) is 2.61. The monoisotopic (exact) mass is 380 g/mol. The van der Waals surface area contributed by atoms with Crippen LogP contribution in [0.2, 0.25) is 0 Å². The van der Waals surface area contributed by atoms with E-state index in [1.54, 1.807) is 0 Å². The first-order chi connectivity index (χ1) is 12.4. The number of hydrogen-bond donors (Lipinski definition) is 4. The fourth-order valence-corrected chi connectivity index (χ4v) is 3.30. The summed E-state index contributed by atoms with van der Waals surface area (Å²) in [7, 11) is 0. The van der Waals surface area contributed by atoms with Gasteiger partial charge in [-0.05, 0) is 32.9 Å². The number of pyridine rings is 1. The number of carbonyl (C=O) groups is 4. The molecule has 2 heterocycles. The van der Waals surface area contributed by atoms with Gasteiger partial charge >= 0.3 is 0 Å². The summed E-state index contributed by atoms with van der Waals surface area (Å²) in [5.41, 5.74) is -1.17. The lowest BCUT2D eigenvalue weighted by molar-refractivity contribution is -0.182. The van der Waals surface area contributed by atoms with Crippen LogP contribution in [-0.2, 0) is 19.1 Å². The third kappa shape index (κ3) is 2.86. The first kappa shape index (κ1) is 20.8. The molecule has 1 unspecified atom stereocenters. The number of nitrogens with zero attached hydrogens (tertiary/aromatic N) is 1. The van der Waals surface area contributed by atoms with Crippen molar-refractivity contribution in [2.45, 2.75) is 50.3 Å². The molecule has 10 nitrogen and oxygen atoms in total. The number of ether oxygens (including phenoxy) is 1. The van der Waals surface area contributed by atoms with E-state index in [0.717, 1.165) is 20.8 Å². The van der Waals surface area contributed by atoms with Crippen molar-refractivity contribution in [3.8, 4) is 0 Å². The van der Waals surface area contributed by atoms with Crippen molar-refractivity contribution in [3.63, 3.8) is 0 Å². The molecule has 146 valence electrons. The summed E-state index contributed by atoms with van der Waals surface area (Å²) in [6.07, 6.45) is -4.64. The van der Waals surface area contributed by atoms with Crippen molar-refractivity contribution < 1.29 is 39.2 Å². The minimum Gasteiger partial charge on any atom is -0.382 e. The topological polar surface area (TPSA) is 177 Å². The maximum Gasteiger partial charge on any atom is 0.250 e. The second kappa shape index (κ2) is 6.89. The summed E-state index contributed by atoms with van der Waals surface area (Å²) >= 11 is 0. The van der Waals surface area contributed by atoms with Gasteiger partial charge in [-0.25, -0.2) is 0 Å². The van der Waals surface area contributed by atoms with Gasteiger partial charge in [0.05, 0.1) is 11.3 Å². The highest BCUT2D eigenvalue weighted by Crippen LogP contribution is 2.50. The second-order valence-electron chi connectivity index (χ2n) is 6.44. The largest absolute Gasteiger partial charge is 0.382 e. The van der Waals surface area contributed by atoms with Crippen LogP contribution >= 0.6 is 0 Å². The molecule has 0 saturated carbocycles. The molecular formula is C17H20N2O8. The number of aliphatic hydroxyl groups excluding tert-OH is 1. The summed E-state index contributed by atoms with van der Waals surface area (Å²) in [4.78, 5) is 51.8. The number of aliphatic hydroxyl groups is 3. The number of ketones is 3. The van der Waals surface area contributed by atoms with E-state index in [1.165, 1.54) is 18.3 Å². The molecule has 0 spiro atoms. The molecule has 0 aliphatic carbocycles. The number of aromatic nitrogens is 1. The van der Waals surface area contributed by atoms with Gasteiger partial charge in [-0.2, -0.15) is 0 Å². The van der Waals surface area contributed by atoms with Crippen LogP contribution in [0.25, 0.3) is 0 Å². The number of Topliss-reactive ketones (excluding diaryl/α,β-unsaturated/α-hetero) is 3. The smallest absolute Gasteiger partial charge is 0.250 e. The van der Waals surface area contributed by atoms with E-state index in [4.69, 9.17) is 10.5 Å². The van der Waals surface area contributed by atoms with E-state index in [9.17, 15) is 34.5 Å². The predicted molar refractivity (Wildman–Crippen MR) is 88.3 cm³/mol. The molecule has 1 aliphatic rings. The highest BCUT2D eigenvalue weighted by atomic mass is 16.6.